The molecule has 1 aromatic carbocycles. The van der Waals surface area contributed by atoms with Gasteiger partial charge in [0, 0.05) is 22.2 Å². The molecule has 5 heteroatoms. The number of sulfone groups is 1. The molecule has 2 unspecified atom stereocenters. The molecule has 20 heavy (non-hydrogen) atoms. The molecule has 0 heterocycles. The van der Waals surface area contributed by atoms with Gasteiger partial charge in [-0.15, -0.1) is 0 Å². The van der Waals surface area contributed by atoms with Gasteiger partial charge < -0.3 is 0 Å². The SMILES string of the molecule is Cc1c(Br)cccc1C(=O)C1CCCC(S(C)(=O)=O)C1. The van der Waals surface area contributed by atoms with Gasteiger partial charge >= 0.3 is 0 Å². The Morgan fingerprint density at radius 1 is 1.30 bits per heavy atom. The Morgan fingerprint density at radius 3 is 2.65 bits per heavy atom. The predicted molar refractivity (Wildman–Crippen MR) is 83.8 cm³/mol. The summed E-state index contributed by atoms with van der Waals surface area (Å²) < 4.78 is 24.3. The van der Waals surface area contributed by atoms with Gasteiger partial charge in [-0.2, -0.15) is 0 Å². The number of rotatable bonds is 3. The van der Waals surface area contributed by atoms with E-state index < -0.39 is 9.84 Å². The number of carbonyl (C=O) groups is 1. The zero-order valence-corrected chi connectivity index (χ0v) is 14.1. The van der Waals surface area contributed by atoms with Gasteiger partial charge in [0.15, 0.2) is 5.78 Å². The predicted octanol–water partition coefficient (Wildman–Crippen LogP) is 3.54. The van der Waals surface area contributed by atoms with E-state index in [1.807, 2.05) is 25.1 Å². The molecular formula is C15H19BrO3S. The van der Waals surface area contributed by atoms with E-state index in [9.17, 15) is 13.2 Å². The number of ketones is 1. The number of Topliss-reactive ketones (excluding diaryl/α,β-unsaturated/α-hetero) is 1. The highest BCUT2D eigenvalue weighted by Gasteiger charge is 2.33. The van der Waals surface area contributed by atoms with Crippen molar-refractivity contribution in [2.45, 2.75) is 37.9 Å². The molecule has 0 amide bonds. The highest BCUT2D eigenvalue weighted by Crippen LogP contribution is 2.32. The lowest BCUT2D eigenvalue weighted by Gasteiger charge is -2.27. The summed E-state index contributed by atoms with van der Waals surface area (Å²) >= 11 is 3.43. The minimum atomic E-state index is -3.05. The lowest BCUT2D eigenvalue weighted by molar-refractivity contribution is 0.0890. The second kappa shape index (κ2) is 5.98. The molecular weight excluding hydrogens is 340 g/mol. The smallest absolute Gasteiger partial charge is 0.166 e. The second-order valence-electron chi connectivity index (χ2n) is 5.59. The first-order valence-corrected chi connectivity index (χ1v) is 9.53. The topological polar surface area (TPSA) is 51.2 Å². The Kier molecular flexibility index (Phi) is 4.69. The summed E-state index contributed by atoms with van der Waals surface area (Å²) in [5, 5.41) is -0.363. The first-order valence-electron chi connectivity index (χ1n) is 6.79. The molecule has 0 aromatic heterocycles. The highest BCUT2D eigenvalue weighted by atomic mass is 79.9. The van der Waals surface area contributed by atoms with Crippen molar-refractivity contribution < 1.29 is 13.2 Å². The maximum Gasteiger partial charge on any atom is 0.166 e. The van der Waals surface area contributed by atoms with Crippen molar-refractivity contribution in [3.63, 3.8) is 0 Å². The summed E-state index contributed by atoms with van der Waals surface area (Å²) in [5.74, 6) is -0.0892. The van der Waals surface area contributed by atoms with Crippen LogP contribution < -0.4 is 0 Å². The highest BCUT2D eigenvalue weighted by molar-refractivity contribution is 9.10. The standard InChI is InChI=1S/C15H19BrO3S/c1-10-13(7-4-8-14(10)16)15(17)11-5-3-6-12(9-11)20(2,18)19/h4,7-8,11-12H,3,5-6,9H2,1-2H3. The molecule has 1 saturated carbocycles. The summed E-state index contributed by atoms with van der Waals surface area (Å²) in [6.45, 7) is 1.91. The fourth-order valence-corrected chi connectivity index (χ4v) is 4.41. The lowest BCUT2D eigenvalue weighted by atomic mass is 9.82. The van der Waals surface area contributed by atoms with Crippen LogP contribution in [-0.4, -0.2) is 25.7 Å². The Bertz CT molecular complexity index is 622. The summed E-state index contributed by atoms with van der Waals surface area (Å²) in [6.07, 6.45) is 4.01. The molecule has 0 bridgehead atoms. The van der Waals surface area contributed by atoms with E-state index in [-0.39, 0.29) is 17.0 Å². The molecule has 0 saturated heterocycles. The van der Waals surface area contributed by atoms with Crippen LogP contribution in [0, 0.1) is 12.8 Å². The largest absolute Gasteiger partial charge is 0.294 e. The van der Waals surface area contributed by atoms with Gasteiger partial charge in [-0.3, -0.25) is 4.79 Å². The zero-order chi connectivity index (χ0) is 14.9. The summed E-state index contributed by atoms with van der Waals surface area (Å²) in [6, 6.07) is 5.58. The van der Waals surface area contributed by atoms with E-state index >= 15 is 0 Å². The van der Waals surface area contributed by atoms with Crippen LogP contribution in [0.1, 0.15) is 41.6 Å². The fourth-order valence-electron chi connectivity index (χ4n) is 2.87. The number of hydrogen-bond acceptors (Lipinski definition) is 3. The number of hydrogen-bond donors (Lipinski definition) is 0. The molecule has 0 spiro atoms. The van der Waals surface area contributed by atoms with Crippen molar-refractivity contribution >= 4 is 31.6 Å². The number of halogens is 1. The fraction of sp³-hybridized carbons (Fsp3) is 0.533. The van der Waals surface area contributed by atoms with E-state index in [0.717, 1.165) is 22.9 Å². The average Bonchev–Trinajstić information content (AvgIpc) is 2.40. The van der Waals surface area contributed by atoms with E-state index in [2.05, 4.69) is 15.9 Å². The first kappa shape index (κ1) is 15.7. The van der Waals surface area contributed by atoms with Crippen LogP contribution in [-0.2, 0) is 9.84 Å². The Hall–Kier alpha value is -0.680. The quantitative estimate of drug-likeness (QED) is 0.776. The molecule has 3 nitrogen and oxygen atoms in total. The summed E-state index contributed by atoms with van der Waals surface area (Å²) in [4.78, 5) is 12.6. The van der Waals surface area contributed by atoms with Crippen LogP contribution in [0.25, 0.3) is 0 Å². The van der Waals surface area contributed by atoms with Gasteiger partial charge in [0.05, 0.1) is 5.25 Å². The van der Waals surface area contributed by atoms with Gasteiger partial charge in [0.1, 0.15) is 9.84 Å². The van der Waals surface area contributed by atoms with Crippen molar-refractivity contribution in [1.29, 1.82) is 0 Å². The molecule has 0 radical (unpaired) electrons. The maximum atomic E-state index is 12.6. The normalized spacial score (nSPS) is 23.6. The lowest BCUT2D eigenvalue weighted by Crippen LogP contribution is -2.31. The monoisotopic (exact) mass is 358 g/mol. The van der Waals surface area contributed by atoms with Crippen molar-refractivity contribution in [1.82, 2.24) is 0 Å². The zero-order valence-electron chi connectivity index (χ0n) is 11.7. The van der Waals surface area contributed by atoms with Crippen LogP contribution in [0.3, 0.4) is 0 Å². The van der Waals surface area contributed by atoms with Gasteiger partial charge in [-0.25, -0.2) is 8.42 Å². The van der Waals surface area contributed by atoms with E-state index in [1.54, 1.807) is 0 Å². The minimum absolute atomic E-state index is 0.0807. The van der Waals surface area contributed by atoms with Crippen molar-refractivity contribution in [3.05, 3.63) is 33.8 Å². The van der Waals surface area contributed by atoms with E-state index in [1.165, 1.54) is 6.26 Å². The molecule has 1 aliphatic rings. The molecule has 1 aliphatic carbocycles. The third-order valence-electron chi connectivity index (χ3n) is 4.14. The van der Waals surface area contributed by atoms with Crippen molar-refractivity contribution in [2.24, 2.45) is 5.92 Å². The van der Waals surface area contributed by atoms with Gasteiger partial charge in [-0.1, -0.05) is 34.5 Å². The molecule has 1 fully saturated rings. The second-order valence-corrected chi connectivity index (χ2v) is 8.77. The van der Waals surface area contributed by atoms with E-state index in [4.69, 9.17) is 0 Å². The number of carbonyl (C=O) groups excluding carboxylic acids is 1. The molecule has 2 rings (SSSR count). The van der Waals surface area contributed by atoms with Crippen LogP contribution in [0.15, 0.2) is 22.7 Å². The Balaban J connectivity index is 2.23. The van der Waals surface area contributed by atoms with E-state index in [0.29, 0.717) is 18.4 Å². The molecule has 1 aromatic rings. The van der Waals surface area contributed by atoms with Crippen molar-refractivity contribution in [2.75, 3.05) is 6.26 Å². The maximum absolute atomic E-state index is 12.6. The third kappa shape index (κ3) is 3.31. The van der Waals surface area contributed by atoms with Crippen LogP contribution in [0.5, 0.6) is 0 Å². The summed E-state index contributed by atoms with van der Waals surface area (Å²) in [7, 11) is -3.05. The summed E-state index contributed by atoms with van der Waals surface area (Å²) in [5.41, 5.74) is 1.64. The number of benzene rings is 1. The van der Waals surface area contributed by atoms with Crippen LogP contribution in [0.4, 0.5) is 0 Å². The third-order valence-corrected chi connectivity index (χ3v) is 6.63. The van der Waals surface area contributed by atoms with Gasteiger partial charge in [0.25, 0.3) is 0 Å². The first-order chi connectivity index (χ1) is 9.30. The molecule has 110 valence electrons. The average molecular weight is 359 g/mol. The van der Waals surface area contributed by atoms with Gasteiger partial charge in [-0.05, 0) is 37.8 Å². The minimum Gasteiger partial charge on any atom is -0.294 e. The Labute approximate surface area is 128 Å². The van der Waals surface area contributed by atoms with Crippen molar-refractivity contribution in [3.8, 4) is 0 Å². The molecule has 2 atom stereocenters. The van der Waals surface area contributed by atoms with Gasteiger partial charge in [0.2, 0.25) is 0 Å². The molecule has 0 aliphatic heterocycles. The van der Waals surface area contributed by atoms with Crippen LogP contribution in [0.2, 0.25) is 0 Å². The molecule has 0 N–H and O–H groups in total. The van der Waals surface area contributed by atoms with Crippen LogP contribution >= 0.6 is 15.9 Å². The Morgan fingerprint density at radius 2 is 2.00 bits per heavy atom.